The van der Waals surface area contributed by atoms with Crippen molar-refractivity contribution in [1.29, 1.82) is 0 Å². The Kier molecular flexibility index (Phi) is 7.56. The van der Waals surface area contributed by atoms with Crippen LogP contribution in [0.4, 0.5) is 14.9 Å². The van der Waals surface area contributed by atoms with Gasteiger partial charge in [-0.25, -0.2) is 9.18 Å². The minimum Gasteiger partial charge on any atom is -0.495 e. The lowest BCUT2D eigenvalue weighted by molar-refractivity contribution is -0.136. The predicted molar refractivity (Wildman–Crippen MR) is 141 cm³/mol. The number of imide groups is 1. The minimum absolute atomic E-state index is 0.0606. The van der Waals surface area contributed by atoms with Crippen LogP contribution in [-0.4, -0.2) is 41.9 Å². The lowest BCUT2D eigenvalue weighted by Gasteiger charge is -2.29. The van der Waals surface area contributed by atoms with Crippen molar-refractivity contribution in [2.24, 2.45) is 0 Å². The van der Waals surface area contributed by atoms with E-state index >= 15 is 0 Å². The number of fused-ring (bicyclic) bond motifs is 1. The van der Waals surface area contributed by atoms with Crippen LogP contribution >= 0.6 is 11.6 Å². The van der Waals surface area contributed by atoms with E-state index < -0.39 is 29.8 Å². The number of methoxy groups -OCH3 is 1. The topological polar surface area (TPSA) is 123 Å². The van der Waals surface area contributed by atoms with Crippen molar-refractivity contribution in [3.63, 3.8) is 0 Å². The summed E-state index contributed by atoms with van der Waals surface area (Å²) in [6.07, 6.45) is -0.338. The molecule has 40 heavy (non-hydrogen) atoms. The summed E-state index contributed by atoms with van der Waals surface area (Å²) in [7, 11) is 1.41. The van der Waals surface area contributed by atoms with Gasteiger partial charge in [-0.1, -0.05) is 23.7 Å². The van der Waals surface area contributed by atoms with E-state index in [0.29, 0.717) is 33.9 Å². The highest BCUT2D eigenvalue weighted by molar-refractivity contribution is 6.30. The number of rotatable bonds is 7. The number of hydrogen-bond acceptors (Lipinski definition) is 7. The van der Waals surface area contributed by atoms with Crippen molar-refractivity contribution >= 4 is 41.1 Å². The van der Waals surface area contributed by atoms with Gasteiger partial charge in [-0.2, -0.15) is 0 Å². The smallest absolute Gasteiger partial charge is 0.411 e. The second-order valence-corrected chi connectivity index (χ2v) is 9.50. The Morgan fingerprint density at radius 3 is 2.55 bits per heavy atom. The van der Waals surface area contributed by atoms with Crippen molar-refractivity contribution in [2.75, 3.05) is 12.4 Å². The molecule has 5 rings (SSSR count). The SMILES string of the molecule is COc1c(COC(=O)Nc2ccc(Oc3ccc(F)c(Cl)c3)cc2)ccc2c1C(=O)N(C1CCC(=O)NC1=O)C2. The zero-order valence-electron chi connectivity index (χ0n) is 21.2. The van der Waals surface area contributed by atoms with Gasteiger partial charge in [-0.05, 0) is 48.4 Å². The van der Waals surface area contributed by atoms with E-state index in [9.17, 15) is 23.6 Å². The fourth-order valence-corrected chi connectivity index (χ4v) is 4.76. The van der Waals surface area contributed by atoms with Crippen LogP contribution in [0.3, 0.4) is 0 Å². The summed E-state index contributed by atoms with van der Waals surface area (Å²) in [5.74, 6) is -0.749. The van der Waals surface area contributed by atoms with Gasteiger partial charge in [-0.15, -0.1) is 0 Å². The Balaban J connectivity index is 1.20. The summed E-state index contributed by atoms with van der Waals surface area (Å²) in [6, 6.07) is 13.1. The van der Waals surface area contributed by atoms with Gasteiger partial charge in [-0.3, -0.25) is 25.0 Å². The van der Waals surface area contributed by atoms with Crippen molar-refractivity contribution in [3.05, 3.63) is 82.1 Å². The summed E-state index contributed by atoms with van der Waals surface area (Å²) in [4.78, 5) is 50.9. The second-order valence-electron chi connectivity index (χ2n) is 9.10. The van der Waals surface area contributed by atoms with Crippen LogP contribution in [0, 0.1) is 5.82 Å². The number of carbonyl (C=O) groups excluding carboxylic acids is 4. The maximum absolute atomic E-state index is 13.3. The van der Waals surface area contributed by atoms with E-state index in [1.807, 2.05) is 0 Å². The normalized spacial score (nSPS) is 16.3. The predicted octanol–water partition coefficient (Wildman–Crippen LogP) is 4.79. The van der Waals surface area contributed by atoms with Crippen LogP contribution in [0.15, 0.2) is 54.6 Å². The molecule has 2 aliphatic heterocycles. The van der Waals surface area contributed by atoms with Crippen molar-refractivity contribution in [3.8, 4) is 17.2 Å². The average Bonchev–Trinajstić information content (AvgIpc) is 3.26. The maximum atomic E-state index is 13.3. The highest BCUT2D eigenvalue weighted by atomic mass is 35.5. The third kappa shape index (κ3) is 5.55. The van der Waals surface area contributed by atoms with Crippen LogP contribution in [0.5, 0.6) is 17.2 Å². The standard InChI is InChI=1S/C28H23ClFN3O7/c1-38-25-16(3-2-15-13-33(27(36)24(15)25)22-10-11-23(34)32-26(22)35)14-39-28(37)31-17-4-6-18(7-5-17)40-19-8-9-21(30)20(29)12-19/h2-9,12,22H,10-11,13-14H2,1H3,(H,31,37)(H,32,34,35). The first kappa shape index (κ1) is 26.9. The molecule has 3 aromatic rings. The summed E-state index contributed by atoms with van der Waals surface area (Å²) >= 11 is 5.77. The monoisotopic (exact) mass is 567 g/mol. The number of hydrogen-bond donors (Lipinski definition) is 2. The minimum atomic E-state index is -0.752. The lowest BCUT2D eigenvalue weighted by Crippen LogP contribution is -2.52. The number of carbonyl (C=O) groups is 4. The van der Waals surface area contributed by atoms with Gasteiger partial charge in [0.05, 0.1) is 17.7 Å². The molecule has 206 valence electrons. The van der Waals surface area contributed by atoms with E-state index in [2.05, 4.69) is 10.6 Å². The number of ether oxygens (including phenoxy) is 3. The molecule has 0 spiro atoms. The first-order valence-electron chi connectivity index (χ1n) is 12.2. The van der Waals surface area contributed by atoms with Gasteiger partial charge in [0, 0.05) is 30.3 Å². The highest BCUT2D eigenvalue weighted by Crippen LogP contribution is 2.36. The molecule has 0 saturated carbocycles. The first-order chi connectivity index (χ1) is 19.2. The van der Waals surface area contributed by atoms with E-state index in [1.165, 1.54) is 30.2 Å². The Bertz CT molecular complexity index is 1510. The number of nitrogens with one attached hydrogen (secondary N) is 2. The van der Waals surface area contributed by atoms with Crippen molar-refractivity contribution < 1.29 is 37.8 Å². The Morgan fingerprint density at radius 2 is 1.85 bits per heavy atom. The lowest BCUT2D eigenvalue weighted by atomic mass is 10.0. The van der Waals surface area contributed by atoms with Gasteiger partial charge >= 0.3 is 6.09 Å². The zero-order valence-corrected chi connectivity index (χ0v) is 21.9. The number of nitrogens with zero attached hydrogens (tertiary/aromatic N) is 1. The first-order valence-corrected chi connectivity index (χ1v) is 12.6. The maximum Gasteiger partial charge on any atom is 0.411 e. The molecule has 3 aromatic carbocycles. The summed E-state index contributed by atoms with van der Waals surface area (Å²) in [5, 5.41) is 4.81. The van der Waals surface area contributed by atoms with Crippen molar-refractivity contribution in [1.82, 2.24) is 10.2 Å². The fraction of sp³-hybridized carbons (Fsp3) is 0.214. The summed E-state index contributed by atoms with van der Waals surface area (Å²) < 4.78 is 29.8. The molecule has 2 aliphatic rings. The molecule has 10 nitrogen and oxygen atoms in total. The number of piperidine rings is 1. The van der Waals surface area contributed by atoms with Crippen LogP contribution in [-0.2, 0) is 27.5 Å². The molecule has 12 heteroatoms. The molecule has 1 atom stereocenters. The van der Waals surface area contributed by atoms with Gasteiger partial charge in [0.1, 0.15) is 35.7 Å². The van der Waals surface area contributed by atoms with E-state index in [1.54, 1.807) is 36.4 Å². The summed E-state index contributed by atoms with van der Waals surface area (Å²) in [5.41, 5.74) is 1.87. The molecule has 4 amide bonds. The third-order valence-electron chi connectivity index (χ3n) is 6.52. The molecule has 2 heterocycles. The number of halogens is 2. The molecule has 0 aromatic heterocycles. The largest absolute Gasteiger partial charge is 0.495 e. The molecular formula is C28H23ClFN3O7. The number of amides is 4. The number of anilines is 1. The average molecular weight is 568 g/mol. The zero-order chi connectivity index (χ0) is 28.4. The van der Waals surface area contributed by atoms with E-state index in [-0.39, 0.29) is 42.7 Å². The molecular weight excluding hydrogens is 545 g/mol. The molecule has 1 fully saturated rings. The van der Waals surface area contributed by atoms with Gasteiger partial charge < -0.3 is 19.1 Å². The highest BCUT2D eigenvalue weighted by Gasteiger charge is 2.41. The molecule has 0 bridgehead atoms. The molecule has 1 unspecified atom stereocenters. The van der Waals surface area contributed by atoms with E-state index in [0.717, 1.165) is 0 Å². The van der Waals surface area contributed by atoms with Crippen molar-refractivity contribution in [2.45, 2.75) is 32.0 Å². The molecule has 0 radical (unpaired) electrons. The van der Waals surface area contributed by atoms with E-state index in [4.69, 9.17) is 25.8 Å². The van der Waals surface area contributed by atoms with Gasteiger partial charge in [0.2, 0.25) is 11.8 Å². The van der Waals surface area contributed by atoms with Gasteiger partial charge in [0.25, 0.3) is 5.91 Å². The second kappa shape index (κ2) is 11.2. The van der Waals surface area contributed by atoms with Crippen LogP contribution in [0.2, 0.25) is 5.02 Å². The quantitative estimate of drug-likeness (QED) is 0.393. The molecule has 1 saturated heterocycles. The van der Waals surface area contributed by atoms with Crippen LogP contribution < -0.4 is 20.1 Å². The molecule has 2 N–H and O–H groups in total. The summed E-state index contributed by atoms with van der Waals surface area (Å²) in [6.45, 7) is 0.0207. The number of benzene rings is 3. The Hall–Kier alpha value is -4.64. The van der Waals surface area contributed by atoms with Crippen LogP contribution in [0.25, 0.3) is 0 Å². The Morgan fingerprint density at radius 1 is 1.10 bits per heavy atom. The van der Waals surface area contributed by atoms with Gasteiger partial charge in [0.15, 0.2) is 0 Å². The van der Waals surface area contributed by atoms with Crippen LogP contribution in [0.1, 0.15) is 34.3 Å². The third-order valence-corrected chi connectivity index (χ3v) is 6.81. The Labute approximate surface area is 232 Å². The fourth-order valence-electron chi connectivity index (χ4n) is 4.59. The molecule has 0 aliphatic carbocycles.